The molecule has 10 N–H and O–H groups in total. The second kappa shape index (κ2) is 14.7. The van der Waals surface area contributed by atoms with Crippen LogP contribution < -0.4 is 4.74 Å². The number of hydrogen-bond acceptors (Lipinski definition) is 18. The Morgan fingerprint density at radius 1 is 0.682 bits per heavy atom. The van der Waals surface area contributed by atoms with Gasteiger partial charge in [-0.05, 0) is 6.07 Å². The Labute approximate surface area is 253 Å². The van der Waals surface area contributed by atoms with E-state index in [0.29, 0.717) is 0 Å². The molecule has 0 spiro atoms. The molecule has 3 fully saturated rings. The van der Waals surface area contributed by atoms with Gasteiger partial charge in [0.25, 0.3) is 5.69 Å². The van der Waals surface area contributed by atoms with E-state index in [9.17, 15) is 61.2 Å². The molecule has 3 heterocycles. The van der Waals surface area contributed by atoms with E-state index in [1.807, 2.05) is 0 Å². The maximum Gasteiger partial charge on any atom is 0.271 e. The number of non-ortho nitro benzene ring substituents is 1. The Bertz CT molecular complexity index is 1110. The molecule has 3 aliphatic rings. The van der Waals surface area contributed by atoms with Crippen molar-refractivity contribution in [3.05, 3.63) is 33.3 Å². The lowest BCUT2D eigenvalue weighted by atomic mass is 9.96. The number of nitro groups is 1. The number of hydrogen-bond donors (Lipinski definition) is 10. The molecule has 0 unspecified atom stereocenters. The first-order chi connectivity index (χ1) is 20.8. The van der Waals surface area contributed by atoms with Gasteiger partial charge in [-0.15, -0.1) is 0 Å². The van der Waals surface area contributed by atoms with Gasteiger partial charge in [0.15, 0.2) is 12.6 Å². The van der Waals surface area contributed by atoms with Gasteiger partial charge in [-0.1, -0.05) is 11.6 Å². The summed E-state index contributed by atoms with van der Waals surface area (Å²) in [5.74, 6) is -0.157. The molecule has 3 saturated heterocycles. The third kappa shape index (κ3) is 7.08. The van der Waals surface area contributed by atoms with Gasteiger partial charge in [-0.2, -0.15) is 0 Å². The van der Waals surface area contributed by atoms with E-state index >= 15 is 0 Å². The van der Waals surface area contributed by atoms with Crippen LogP contribution in [0.25, 0.3) is 0 Å². The largest absolute Gasteiger partial charge is 0.460 e. The van der Waals surface area contributed by atoms with Gasteiger partial charge < -0.3 is 79.5 Å². The first kappa shape index (κ1) is 35.0. The summed E-state index contributed by atoms with van der Waals surface area (Å²) >= 11 is 6.01. The summed E-state index contributed by atoms with van der Waals surface area (Å²) in [6.45, 7) is -2.47. The highest BCUT2D eigenvalue weighted by Crippen LogP contribution is 2.35. The average Bonchev–Trinajstić information content (AvgIpc) is 3.00. The summed E-state index contributed by atoms with van der Waals surface area (Å²) in [6, 6.07) is 3.18. The quantitative estimate of drug-likeness (QED) is 0.0831. The van der Waals surface area contributed by atoms with E-state index < -0.39 is 117 Å². The SMILES string of the molecule is O=[N+]([O-])c1ccc(O[C@H]2O[C@H](CO)[C@@H](O[C@H]3O[C@H](CO)[C@@H](O[C@H]4O[C@H](CO)[C@@H](O)[C@H](O)[C@H]4O)[C@H](O)[C@H]3O)[C@H](O)[C@H]2O)c(Cl)c1. The molecule has 0 bridgehead atoms. The molecule has 19 nitrogen and oxygen atoms in total. The molecule has 0 aliphatic carbocycles. The van der Waals surface area contributed by atoms with E-state index in [-0.39, 0.29) is 16.5 Å². The molecule has 3 aliphatic heterocycles. The molecule has 250 valence electrons. The van der Waals surface area contributed by atoms with Gasteiger partial charge in [0.2, 0.25) is 6.29 Å². The van der Waals surface area contributed by atoms with Gasteiger partial charge in [0.1, 0.15) is 79.0 Å². The molecule has 0 aromatic heterocycles. The second-order valence-electron chi connectivity index (χ2n) is 10.3. The minimum atomic E-state index is -1.98. The number of benzene rings is 1. The van der Waals surface area contributed by atoms with E-state index in [1.54, 1.807) is 0 Å². The van der Waals surface area contributed by atoms with Gasteiger partial charge in [-0.25, -0.2) is 0 Å². The van der Waals surface area contributed by atoms with Crippen molar-refractivity contribution in [1.29, 1.82) is 0 Å². The van der Waals surface area contributed by atoms with Crippen LogP contribution in [0.4, 0.5) is 5.69 Å². The molecule has 1 aromatic carbocycles. The zero-order chi connectivity index (χ0) is 32.5. The highest BCUT2D eigenvalue weighted by Gasteiger charge is 2.53. The van der Waals surface area contributed by atoms with Gasteiger partial charge in [-0.3, -0.25) is 10.1 Å². The van der Waals surface area contributed by atoms with Crippen LogP contribution in [0.5, 0.6) is 5.75 Å². The Morgan fingerprint density at radius 3 is 1.61 bits per heavy atom. The van der Waals surface area contributed by atoms with E-state index in [0.717, 1.165) is 18.2 Å². The lowest BCUT2D eigenvalue weighted by Crippen LogP contribution is -2.66. The topological polar surface area (TPSA) is 301 Å². The summed E-state index contributed by atoms with van der Waals surface area (Å²) in [4.78, 5) is 10.2. The molecule has 0 radical (unpaired) electrons. The molecule has 44 heavy (non-hydrogen) atoms. The maximum absolute atomic E-state index is 10.9. The van der Waals surface area contributed by atoms with Crippen molar-refractivity contribution in [1.82, 2.24) is 0 Å². The summed E-state index contributed by atoms with van der Waals surface area (Å²) in [5, 5.41) is 113. The average molecular weight is 660 g/mol. The fourth-order valence-corrected chi connectivity index (χ4v) is 5.18. The standard InChI is InChI=1S/C24H34ClNO18/c25-8-3-7(26(37)38)1-2-9(8)39-22-18(35)15(32)20(11(5-28)41-22)44-24-19(36)16(33)21(12(6-29)42-24)43-23-17(34)14(31)13(30)10(4-27)40-23/h1-3,10-24,27-36H,4-6H2/t10-,11-,12-,13-,14+,15-,16-,17-,18-,19-,20-,21-,22+,23-,24-/m1/s1. The summed E-state index contributed by atoms with van der Waals surface area (Å²) in [7, 11) is 0. The normalized spacial score (nSPS) is 43.0. The lowest BCUT2D eigenvalue weighted by Gasteiger charge is -2.48. The van der Waals surface area contributed by atoms with E-state index in [4.69, 9.17) is 40.0 Å². The predicted octanol–water partition coefficient (Wildman–Crippen LogP) is -4.92. The minimum absolute atomic E-state index is 0.157. The van der Waals surface area contributed by atoms with Crippen molar-refractivity contribution in [2.24, 2.45) is 0 Å². The van der Waals surface area contributed by atoms with E-state index in [2.05, 4.69) is 0 Å². The molecular weight excluding hydrogens is 626 g/mol. The second-order valence-corrected chi connectivity index (χ2v) is 10.7. The number of nitro benzene ring substituents is 1. The number of nitrogens with zero attached hydrogens (tertiary/aromatic N) is 1. The van der Waals surface area contributed by atoms with Crippen molar-refractivity contribution < 1.29 is 84.4 Å². The first-order valence-corrected chi connectivity index (χ1v) is 13.7. The molecule has 0 amide bonds. The highest BCUT2D eigenvalue weighted by molar-refractivity contribution is 6.32. The van der Waals surface area contributed by atoms with E-state index in [1.165, 1.54) is 0 Å². The Hall–Kier alpha value is -1.89. The smallest absolute Gasteiger partial charge is 0.271 e. The zero-order valence-electron chi connectivity index (χ0n) is 22.6. The fraction of sp³-hybridized carbons (Fsp3) is 0.750. The Kier molecular flexibility index (Phi) is 11.7. The van der Waals surface area contributed by atoms with Crippen molar-refractivity contribution in [3.8, 4) is 5.75 Å². The predicted molar refractivity (Wildman–Crippen MR) is 138 cm³/mol. The van der Waals surface area contributed by atoms with Gasteiger partial charge >= 0.3 is 0 Å². The molecule has 0 saturated carbocycles. The third-order valence-corrected chi connectivity index (χ3v) is 7.74. The summed E-state index contributed by atoms with van der Waals surface area (Å²) < 4.78 is 32.8. The first-order valence-electron chi connectivity index (χ1n) is 13.3. The van der Waals surface area contributed by atoms with Gasteiger partial charge in [0, 0.05) is 12.1 Å². The number of aliphatic hydroxyl groups excluding tert-OH is 10. The van der Waals surface area contributed by atoms with Crippen LogP contribution in [0.2, 0.25) is 5.02 Å². The summed E-state index contributed by atoms with van der Waals surface area (Å²) in [6.07, 6.45) is -25.9. The van der Waals surface area contributed by atoms with Crippen molar-refractivity contribution in [3.63, 3.8) is 0 Å². The molecule has 1 aromatic rings. The van der Waals surface area contributed by atoms with Crippen molar-refractivity contribution in [2.75, 3.05) is 19.8 Å². The Balaban J connectivity index is 1.44. The minimum Gasteiger partial charge on any atom is -0.460 e. The Morgan fingerprint density at radius 2 is 1.14 bits per heavy atom. The highest BCUT2D eigenvalue weighted by atomic mass is 35.5. The van der Waals surface area contributed by atoms with Crippen molar-refractivity contribution in [2.45, 2.75) is 92.1 Å². The van der Waals surface area contributed by atoms with Crippen LogP contribution in [0.3, 0.4) is 0 Å². The number of rotatable bonds is 10. The molecule has 15 atom stereocenters. The van der Waals surface area contributed by atoms with Crippen LogP contribution in [0.15, 0.2) is 18.2 Å². The zero-order valence-corrected chi connectivity index (χ0v) is 23.3. The van der Waals surface area contributed by atoms with Crippen LogP contribution >= 0.6 is 11.6 Å². The number of aliphatic hydroxyl groups is 10. The number of halogens is 1. The molecule has 20 heteroatoms. The van der Waals surface area contributed by atoms with Crippen LogP contribution in [0, 0.1) is 10.1 Å². The fourth-order valence-electron chi connectivity index (χ4n) is 4.96. The monoisotopic (exact) mass is 659 g/mol. The number of ether oxygens (including phenoxy) is 6. The van der Waals surface area contributed by atoms with Crippen molar-refractivity contribution >= 4 is 17.3 Å². The third-order valence-electron chi connectivity index (χ3n) is 7.44. The molecule has 4 rings (SSSR count). The van der Waals surface area contributed by atoms with Crippen LogP contribution in [-0.4, -0.2) is 168 Å². The maximum atomic E-state index is 10.9. The molecular formula is C24H34ClNO18. The summed E-state index contributed by atoms with van der Waals surface area (Å²) in [5.41, 5.74) is -0.343. The lowest BCUT2D eigenvalue weighted by molar-refractivity contribution is -0.384. The van der Waals surface area contributed by atoms with Crippen LogP contribution in [0.1, 0.15) is 0 Å². The van der Waals surface area contributed by atoms with Gasteiger partial charge in [0.05, 0.1) is 29.8 Å². The van der Waals surface area contributed by atoms with Crippen LogP contribution in [-0.2, 0) is 23.7 Å².